The van der Waals surface area contributed by atoms with E-state index in [2.05, 4.69) is 21.6 Å². The normalized spacial score (nSPS) is 15.0. The first-order valence-corrected chi connectivity index (χ1v) is 9.87. The summed E-state index contributed by atoms with van der Waals surface area (Å²) >= 11 is 0. The zero-order chi connectivity index (χ0) is 19.3. The number of rotatable bonds is 7. The lowest BCUT2D eigenvalue weighted by Gasteiger charge is -2.26. The smallest absolute Gasteiger partial charge is 0.269 e. The first-order chi connectivity index (χ1) is 13.7. The zero-order valence-corrected chi connectivity index (χ0v) is 15.9. The van der Waals surface area contributed by atoms with E-state index in [4.69, 9.17) is 4.74 Å². The van der Waals surface area contributed by atoms with Gasteiger partial charge in [-0.1, -0.05) is 24.6 Å². The quantitative estimate of drug-likeness (QED) is 0.449. The third-order valence-electron chi connectivity index (χ3n) is 5.39. The second-order valence-corrected chi connectivity index (χ2v) is 7.31. The van der Waals surface area contributed by atoms with Gasteiger partial charge in [-0.05, 0) is 49.7 Å². The number of piperidine rings is 1. The summed E-state index contributed by atoms with van der Waals surface area (Å²) in [6.45, 7) is 4.70. The maximum absolute atomic E-state index is 10.8. The maximum atomic E-state index is 10.8. The number of hydrogen-bond donors (Lipinski definition) is 0. The molecule has 1 aliphatic rings. The summed E-state index contributed by atoms with van der Waals surface area (Å²) in [5.41, 5.74) is 2.25. The van der Waals surface area contributed by atoms with Crippen molar-refractivity contribution in [2.24, 2.45) is 0 Å². The molecule has 6 nitrogen and oxygen atoms in total. The van der Waals surface area contributed by atoms with E-state index < -0.39 is 0 Å². The van der Waals surface area contributed by atoms with Crippen molar-refractivity contribution in [1.82, 2.24) is 9.47 Å². The summed E-state index contributed by atoms with van der Waals surface area (Å²) in [7, 11) is 0. The predicted octanol–water partition coefficient (Wildman–Crippen LogP) is 4.46. The highest BCUT2D eigenvalue weighted by molar-refractivity contribution is 5.86. The minimum absolute atomic E-state index is 0.116. The second-order valence-electron chi connectivity index (χ2n) is 7.31. The molecule has 4 rings (SSSR count). The van der Waals surface area contributed by atoms with Crippen molar-refractivity contribution in [3.63, 3.8) is 0 Å². The fourth-order valence-electron chi connectivity index (χ4n) is 3.85. The van der Waals surface area contributed by atoms with E-state index in [0.717, 1.165) is 28.8 Å². The number of nitro benzene ring substituents is 1. The minimum atomic E-state index is -0.373. The molecule has 0 bridgehead atoms. The third kappa shape index (κ3) is 4.17. The van der Waals surface area contributed by atoms with E-state index >= 15 is 0 Å². The SMILES string of the molecule is O=[N+]([O-])c1ccc(Cn2ccc3c(OCCN4CCCCC4)cccc32)cc1. The number of likely N-dealkylation sites (tertiary alicyclic amines) is 1. The number of non-ortho nitro benzene ring substituents is 1. The highest BCUT2D eigenvalue weighted by atomic mass is 16.6. The summed E-state index contributed by atoms with van der Waals surface area (Å²) in [6.07, 6.45) is 5.98. The Hall–Kier alpha value is -2.86. The maximum Gasteiger partial charge on any atom is 0.269 e. The highest BCUT2D eigenvalue weighted by Gasteiger charge is 2.11. The van der Waals surface area contributed by atoms with Crippen molar-refractivity contribution in [2.45, 2.75) is 25.8 Å². The van der Waals surface area contributed by atoms with Crippen LogP contribution in [0.4, 0.5) is 5.69 Å². The van der Waals surface area contributed by atoms with Crippen LogP contribution in [0.15, 0.2) is 54.7 Å². The summed E-state index contributed by atoms with van der Waals surface area (Å²) in [6, 6.07) is 14.9. The van der Waals surface area contributed by atoms with E-state index in [9.17, 15) is 10.1 Å². The van der Waals surface area contributed by atoms with Gasteiger partial charge in [0, 0.05) is 36.8 Å². The van der Waals surface area contributed by atoms with Crippen LogP contribution in [-0.4, -0.2) is 40.6 Å². The predicted molar refractivity (Wildman–Crippen MR) is 110 cm³/mol. The minimum Gasteiger partial charge on any atom is -0.492 e. The fourth-order valence-corrected chi connectivity index (χ4v) is 3.85. The first-order valence-electron chi connectivity index (χ1n) is 9.87. The van der Waals surface area contributed by atoms with Crippen LogP contribution in [0.5, 0.6) is 5.75 Å². The number of benzene rings is 2. The van der Waals surface area contributed by atoms with Crippen molar-refractivity contribution in [3.05, 3.63) is 70.4 Å². The van der Waals surface area contributed by atoms with E-state index in [1.807, 2.05) is 30.5 Å². The van der Waals surface area contributed by atoms with E-state index in [1.54, 1.807) is 12.1 Å². The molecule has 0 spiro atoms. The van der Waals surface area contributed by atoms with Crippen molar-refractivity contribution < 1.29 is 9.66 Å². The lowest BCUT2D eigenvalue weighted by atomic mass is 10.1. The van der Waals surface area contributed by atoms with Gasteiger partial charge in [0.25, 0.3) is 5.69 Å². The van der Waals surface area contributed by atoms with Gasteiger partial charge in [-0.3, -0.25) is 15.0 Å². The standard InChI is InChI=1S/C22H25N3O3/c26-25(27)19-9-7-18(8-10-19)17-24-14-11-20-21(24)5-4-6-22(20)28-16-15-23-12-2-1-3-13-23/h4-11,14H,1-3,12-13,15-17H2. The van der Waals surface area contributed by atoms with E-state index in [1.165, 1.54) is 32.4 Å². The van der Waals surface area contributed by atoms with Crippen LogP contribution < -0.4 is 4.74 Å². The third-order valence-corrected chi connectivity index (χ3v) is 5.39. The summed E-state index contributed by atoms with van der Waals surface area (Å²) in [5, 5.41) is 11.9. The Morgan fingerprint density at radius 2 is 1.79 bits per heavy atom. The monoisotopic (exact) mass is 379 g/mol. The van der Waals surface area contributed by atoms with E-state index in [0.29, 0.717) is 13.2 Å². The molecule has 28 heavy (non-hydrogen) atoms. The van der Waals surface area contributed by atoms with Crippen LogP contribution in [-0.2, 0) is 6.54 Å². The van der Waals surface area contributed by atoms with E-state index in [-0.39, 0.29) is 10.6 Å². The number of aromatic nitrogens is 1. The molecule has 0 N–H and O–H groups in total. The molecular weight excluding hydrogens is 354 g/mol. The number of nitro groups is 1. The molecule has 146 valence electrons. The molecule has 0 amide bonds. The molecular formula is C22H25N3O3. The molecule has 0 aliphatic carbocycles. The lowest BCUT2D eigenvalue weighted by Crippen LogP contribution is -2.33. The van der Waals surface area contributed by atoms with Gasteiger partial charge in [-0.2, -0.15) is 0 Å². The van der Waals surface area contributed by atoms with Gasteiger partial charge in [0.15, 0.2) is 0 Å². The molecule has 2 aromatic carbocycles. The van der Waals surface area contributed by atoms with Gasteiger partial charge in [0.05, 0.1) is 10.4 Å². The largest absolute Gasteiger partial charge is 0.492 e. The Morgan fingerprint density at radius 3 is 2.54 bits per heavy atom. The summed E-state index contributed by atoms with van der Waals surface area (Å²) < 4.78 is 8.24. The van der Waals surface area contributed by atoms with Gasteiger partial charge in [0.1, 0.15) is 12.4 Å². The Balaban J connectivity index is 1.44. The highest BCUT2D eigenvalue weighted by Crippen LogP contribution is 2.27. The van der Waals surface area contributed by atoms with Gasteiger partial charge >= 0.3 is 0 Å². The second kappa shape index (κ2) is 8.44. The molecule has 1 aliphatic heterocycles. The summed E-state index contributed by atoms with van der Waals surface area (Å²) in [5.74, 6) is 0.914. The van der Waals surface area contributed by atoms with Crippen molar-refractivity contribution in [2.75, 3.05) is 26.2 Å². The molecule has 2 heterocycles. The molecule has 1 saturated heterocycles. The van der Waals surface area contributed by atoms with Crippen LogP contribution >= 0.6 is 0 Å². The number of nitrogens with zero attached hydrogens (tertiary/aromatic N) is 3. The lowest BCUT2D eigenvalue weighted by molar-refractivity contribution is -0.384. The number of fused-ring (bicyclic) bond motifs is 1. The number of ether oxygens (including phenoxy) is 1. The Labute approximate surface area is 164 Å². The fraction of sp³-hybridized carbons (Fsp3) is 0.364. The van der Waals surface area contributed by atoms with Gasteiger partial charge in [0.2, 0.25) is 0 Å². The number of hydrogen-bond acceptors (Lipinski definition) is 4. The van der Waals surface area contributed by atoms with Crippen LogP contribution in [0.3, 0.4) is 0 Å². The molecule has 1 aromatic heterocycles. The van der Waals surface area contributed by atoms with Gasteiger partial charge < -0.3 is 9.30 Å². The molecule has 0 atom stereocenters. The molecule has 1 fully saturated rings. The Bertz CT molecular complexity index is 943. The summed E-state index contributed by atoms with van der Waals surface area (Å²) in [4.78, 5) is 12.9. The van der Waals surface area contributed by atoms with Crippen molar-refractivity contribution in [1.29, 1.82) is 0 Å². The molecule has 0 unspecified atom stereocenters. The van der Waals surface area contributed by atoms with Crippen LogP contribution in [0.25, 0.3) is 10.9 Å². The topological polar surface area (TPSA) is 60.5 Å². The average Bonchev–Trinajstić information content (AvgIpc) is 3.13. The Morgan fingerprint density at radius 1 is 1.00 bits per heavy atom. The van der Waals surface area contributed by atoms with Crippen LogP contribution in [0.2, 0.25) is 0 Å². The van der Waals surface area contributed by atoms with Crippen LogP contribution in [0, 0.1) is 10.1 Å². The molecule has 3 aromatic rings. The van der Waals surface area contributed by atoms with Crippen molar-refractivity contribution >= 4 is 16.6 Å². The van der Waals surface area contributed by atoms with Gasteiger partial charge in [-0.25, -0.2) is 0 Å². The molecule has 0 saturated carbocycles. The molecule has 0 radical (unpaired) electrons. The van der Waals surface area contributed by atoms with Gasteiger partial charge in [-0.15, -0.1) is 0 Å². The Kier molecular flexibility index (Phi) is 5.58. The van der Waals surface area contributed by atoms with Crippen molar-refractivity contribution in [3.8, 4) is 5.75 Å². The average molecular weight is 379 g/mol. The molecule has 6 heteroatoms. The first kappa shape index (κ1) is 18.5. The zero-order valence-electron chi connectivity index (χ0n) is 15.9. The van der Waals surface area contributed by atoms with Crippen LogP contribution in [0.1, 0.15) is 24.8 Å².